The predicted octanol–water partition coefficient (Wildman–Crippen LogP) is 3.06. The first-order valence-corrected chi connectivity index (χ1v) is 11.9. The summed E-state index contributed by atoms with van der Waals surface area (Å²) < 4.78 is 37.5. The third-order valence-electron chi connectivity index (χ3n) is 5.13. The van der Waals surface area contributed by atoms with Crippen molar-refractivity contribution in [2.24, 2.45) is 0 Å². The molecule has 0 aliphatic heterocycles. The van der Waals surface area contributed by atoms with E-state index in [0.29, 0.717) is 17.9 Å². The molecule has 0 amide bonds. The Bertz CT molecular complexity index is 1050. The lowest BCUT2D eigenvalue weighted by Gasteiger charge is -2.13. The maximum absolute atomic E-state index is 12.6. The molecule has 3 rings (SSSR count). The number of aryl methyl sites for hydroxylation is 2. The van der Waals surface area contributed by atoms with Gasteiger partial charge in [0, 0.05) is 12.1 Å². The average Bonchev–Trinajstić information content (AvgIpc) is 3.21. The molecule has 0 saturated heterocycles. The van der Waals surface area contributed by atoms with Crippen LogP contribution in [0.25, 0.3) is 0 Å². The van der Waals surface area contributed by atoms with E-state index in [1.54, 1.807) is 18.2 Å². The molecule has 1 atom stereocenters. The zero-order chi connectivity index (χ0) is 22.4. The van der Waals surface area contributed by atoms with E-state index in [1.807, 2.05) is 19.1 Å². The number of hydrogen-bond acceptors (Lipinski definition) is 6. The average molecular weight is 446 g/mol. The second kappa shape index (κ2) is 10.1. The fourth-order valence-electron chi connectivity index (χ4n) is 3.52. The number of esters is 1. The first kappa shape index (κ1) is 23.0. The molecule has 0 saturated carbocycles. The van der Waals surface area contributed by atoms with Gasteiger partial charge in [0.15, 0.2) is 6.10 Å². The summed E-state index contributed by atoms with van der Waals surface area (Å²) in [5, 5.41) is 0. The standard InChI is InChI=1S/C23H27NO6S/c1-3-29-20-9-11-21(12-10-20)31(27,28)24-14-13-22(25)30-16(2)23(26)19-8-7-17-5-4-6-18(17)15-19/h7-12,15-16,24H,3-6,13-14H2,1-2H3. The molecule has 1 aliphatic carbocycles. The van der Waals surface area contributed by atoms with Crippen LogP contribution in [0.5, 0.6) is 5.75 Å². The number of Topliss-reactive ketones (excluding diaryl/α,β-unsaturated/α-hetero) is 1. The third-order valence-corrected chi connectivity index (χ3v) is 6.60. The van der Waals surface area contributed by atoms with Crippen LogP contribution in [-0.4, -0.2) is 39.4 Å². The van der Waals surface area contributed by atoms with Gasteiger partial charge >= 0.3 is 5.97 Å². The normalized spacial score (nSPS) is 14.0. The Hall–Kier alpha value is -2.71. The van der Waals surface area contributed by atoms with Crippen molar-refractivity contribution in [1.29, 1.82) is 0 Å². The van der Waals surface area contributed by atoms with Gasteiger partial charge in [0.25, 0.3) is 0 Å². The molecule has 2 aromatic carbocycles. The molecule has 1 aliphatic rings. The Kier molecular flexibility index (Phi) is 7.46. The van der Waals surface area contributed by atoms with E-state index in [2.05, 4.69) is 4.72 Å². The minimum absolute atomic E-state index is 0.0736. The molecule has 0 bridgehead atoms. The summed E-state index contributed by atoms with van der Waals surface area (Å²) in [5.74, 6) is -0.332. The molecule has 0 aromatic heterocycles. The molecule has 7 nitrogen and oxygen atoms in total. The Morgan fingerprint density at radius 2 is 1.77 bits per heavy atom. The number of hydrogen-bond donors (Lipinski definition) is 1. The fourth-order valence-corrected chi connectivity index (χ4v) is 4.55. The molecule has 166 valence electrons. The smallest absolute Gasteiger partial charge is 0.307 e. The molecule has 1 N–H and O–H groups in total. The first-order chi connectivity index (χ1) is 14.8. The SMILES string of the molecule is CCOc1ccc(S(=O)(=O)NCCC(=O)OC(C)C(=O)c2ccc3c(c2)CCC3)cc1. The molecule has 1 unspecified atom stereocenters. The summed E-state index contributed by atoms with van der Waals surface area (Å²) in [6, 6.07) is 11.6. The van der Waals surface area contributed by atoms with Crippen LogP contribution in [0, 0.1) is 0 Å². The zero-order valence-corrected chi connectivity index (χ0v) is 18.5. The Labute approximate surface area is 182 Å². The molecular formula is C23H27NO6S. The van der Waals surface area contributed by atoms with Crippen LogP contribution in [0.3, 0.4) is 0 Å². The molecule has 0 fully saturated rings. The molecule has 2 aromatic rings. The van der Waals surface area contributed by atoms with Gasteiger partial charge in [-0.05, 0) is 74.6 Å². The van der Waals surface area contributed by atoms with Gasteiger partial charge < -0.3 is 9.47 Å². The third kappa shape index (κ3) is 5.92. The van der Waals surface area contributed by atoms with E-state index in [0.717, 1.165) is 19.3 Å². The summed E-state index contributed by atoms with van der Waals surface area (Å²) in [5.41, 5.74) is 2.96. The predicted molar refractivity (Wildman–Crippen MR) is 116 cm³/mol. The van der Waals surface area contributed by atoms with Crippen molar-refractivity contribution in [3.63, 3.8) is 0 Å². The fraction of sp³-hybridized carbons (Fsp3) is 0.391. The number of carbonyl (C=O) groups excluding carboxylic acids is 2. The molecule has 8 heteroatoms. The van der Waals surface area contributed by atoms with Gasteiger partial charge in [0.1, 0.15) is 5.75 Å². The minimum atomic E-state index is -3.76. The van der Waals surface area contributed by atoms with E-state index in [9.17, 15) is 18.0 Å². The number of nitrogens with one attached hydrogen (secondary N) is 1. The van der Waals surface area contributed by atoms with Crippen LogP contribution in [-0.2, 0) is 32.4 Å². The Morgan fingerprint density at radius 3 is 2.48 bits per heavy atom. The van der Waals surface area contributed by atoms with E-state index in [-0.39, 0.29) is 23.6 Å². The van der Waals surface area contributed by atoms with E-state index >= 15 is 0 Å². The number of fused-ring (bicyclic) bond motifs is 1. The van der Waals surface area contributed by atoms with Crippen LogP contribution in [0.1, 0.15) is 48.2 Å². The van der Waals surface area contributed by atoms with Gasteiger partial charge in [-0.15, -0.1) is 0 Å². The second-order valence-corrected chi connectivity index (χ2v) is 9.15. The lowest BCUT2D eigenvalue weighted by Crippen LogP contribution is -2.29. The van der Waals surface area contributed by atoms with E-state index in [4.69, 9.17) is 9.47 Å². The summed E-state index contributed by atoms with van der Waals surface area (Å²) in [6.45, 7) is 3.72. The molecular weight excluding hydrogens is 418 g/mol. The largest absolute Gasteiger partial charge is 0.494 e. The summed E-state index contributed by atoms with van der Waals surface area (Å²) in [4.78, 5) is 24.7. The van der Waals surface area contributed by atoms with Crippen LogP contribution in [0.2, 0.25) is 0 Å². The van der Waals surface area contributed by atoms with Crippen LogP contribution >= 0.6 is 0 Å². The lowest BCUT2D eigenvalue weighted by molar-refractivity contribution is -0.146. The summed E-state index contributed by atoms with van der Waals surface area (Å²) in [6.07, 6.45) is 1.96. The maximum Gasteiger partial charge on any atom is 0.307 e. The lowest BCUT2D eigenvalue weighted by atomic mass is 10.0. The van der Waals surface area contributed by atoms with Crippen LogP contribution < -0.4 is 9.46 Å². The molecule has 0 heterocycles. The monoisotopic (exact) mass is 445 g/mol. The van der Waals surface area contributed by atoms with Gasteiger partial charge in [-0.2, -0.15) is 0 Å². The van der Waals surface area contributed by atoms with Crippen molar-refractivity contribution in [3.8, 4) is 5.75 Å². The number of ether oxygens (including phenoxy) is 2. The first-order valence-electron chi connectivity index (χ1n) is 10.4. The number of benzene rings is 2. The maximum atomic E-state index is 12.6. The van der Waals surface area contributed by atoms with Crippen molar-refractivity contribution in [1.82, 2.24) is 4.72 Å². The molecule has 31 heavy (non-hydrogen) atoms. The van der Waals surface area contributed by atoms with Gasteiger partial charge in [0.2, 0.25) is 15.8 Å². The Balaban J connectivity index is 1.48. The van der Waals surface area contributed by atoms with Crippen molar-refractivity contribution in [3.05, 3.63) is 59.2 Å². The number of rotatable bonds is 10. The molecule has 0 radical (unpaired) electrons. The van der Waals surface area contributed by atoms with Crippen molar-refractivity contribution in [2.75, 3.05) is 13.2 Å². The topological polar surface area (TPSA) is 98.8 Å². The Morgan fingerprint density at radius 1 is 1.06 bits per heavy atom. The van der Waals surface area contributed by atoms with Crippen LogP contribution in [0.4, 0.5) is 0 Å². The van der Waals surface area contributed by atoms with Crippen molar-refractivity contribution < 1.29 is 27.5 Å². The number of sulfonamides is 1. The van der Waals surface area contributed by atoms with Crippen LogP contribution in [0.15, 0.2) is 47.4 Å². The second-order valence-electron chi connectivity index (χ2n) is 7.39. The van der Waals surface area contributed by atoms with E-state index < -0.39 is 22.1 Å². The van der Waals surface area contributed by atoms with E-state index in [1.165, 1.54) is 30.2 Å². The molecule has 0 spiro atoms. The minimum Gasteiger partial charge on any atom is -0.494 e. The highest BCUT2D eigenvalue weighted by Crippen LogP contribution is 2.23. The van der Waals surface area contributed by atoms with Gasteiger partial charge in [0.05, 0.1) is 17.9 Å². The summed E-state index contributed by atoms with van der Waals surface area (Å²) in [7, 11) is -3.76. The quantitative estimate of drug-likeness (QED) is 0.446. The highest BCUT2D eigenvalue weighted by molar-refractivity contribution is 7.89. The van der Waals surface area contributed by atoms with Gasteiger partial charge in [-0.1, -0.05) is 12.1 Å². The van der Waals surface area contributed by atoms with Gasteiger partial charge in [-0.25, -0.2) is 13.1 Å². The summed E-state index contributed by atoms with van der Waals surface area (Å²) >= 11 is 0. The number of ketones is 1. The van der Waals surface area contributed by atoms with Gasteiger partial charge in [-0.3, -0.25) is 9.59 Å². The zero-order valence-electron chi connectivity index (χ0n) is 17.7. The highest BCUT2D eigenvalue weighted by Gasteiger charge is 2.22. The number of carbonyl (C=O) groups is 2. The van der Waals surface area contributed by atoms with Crippen molar-refractivity contribution >= 4 is 21.8 Å². The van der Waals surface area contributed by atoms with Crippen molar-refractivity contribution in [2.45, 2.75) is 50.5 Å². The highest BCUT2D eigenvalue weighted by atomic mass is 32.2.